The number of rotatable bonds is 3. The molecule has 8 nitrogen and oxygen atoms in total. The minimum Gasteiger partial charge on any atom is -0.358 e. The van der Waals surface area contributed by atoms with Crippen molar-refractivity contribution in [1.82, 2.24) is 20.1 Å². The number of fused-ring (bicyclic) bond motifs is 6. The lowest BCUT2D eigenvalue weighted by Gasteiger charge is -2.36. The van der Waals surface area contributed by atoms with Crippen LogP contribution in [0.2, 0.25) is 0 Å². The van der Waals surface area contributed by atoms with Gasteiger partial charge in [-0.15, -0.1) is 0 Å². The van der Waals surface area contributed by atoms with Gasteiger partial charge in [0.05, 0.1) is 24.0 Å². The molecule has 1 aromatic heterocycles. The van der Waals surface area contributed by atoms with Crippen LogP contribution in [0.15, 0.2) is 48.7 Å². The topological polar surface area (TPSA) is 92.6 Å². The third-order valence-corrected chi connectivity index (χ3v) is 7.50. The summed E-state index contributed by atoms with van der Waals surface area (Å²) in [6.07, 6.45) is 1.95. The molecule has 1 N–H and O–H groups in total. The predicted molar refractivity (Wildman–Crippen MR) is 130 cm³/mol. The minimum absolute atomic E-state index is 0.121. The molecule has 4 heterocycles. The van der Waals surface area contributed by atoms with E-state index in [9.17, 15) is 23.6 Å². The summed E-state index contributed by atoms with van der Waals surface area (Å²) in [4.78, 5) is 35.8. The number of imide groups is 1. The van der Waals surface area contributed by atoms with E-state index in [1.54, 1.807) is 29.2 Å². The van der Waals surface area contributed by atoms with E-state index in [-0.39, 0.29) is 35.0 Å². The molecule has 3 atom stereocenters. The molecular weight excluding hydrogens is 486 g/mol. The van der Waals surface area contributed by atoms with Crippen molar-refractivity contribution in [2.45, 2.75) is 31.1 Å². The number of amides is 3. The number of thiocarbonyl (C=S) groups is 1. The third kappa shape index (κ3) is 3.14. The number of nitriles is 1. The minimum atomic E-state index is -0.740. The Bertz CT molecular complexity index is 1490. The summed E-state index contributed by atoms with van der Waals surface area (Å²) in [5.74, 6) is -1.73. The van der Waals surface area contributed by atoms with E-state index in [4.69, 9.17) is 12.2 Å². The van der Waals surface area contributed by atoms with Crippen molar-refractivity contribution in [2.24, 2.45) is 0 Å². The summed E-state index contributed by atoms with van der Waals surface area (Å²) in [7, 11) is 0. The van der Waals surface area contributed by atoms with Crippen LogP contribution < -0.4 is 10.2 Å². The molecule has 3 aliphatic heterocycles. The van der Waals surface area contributed by atoms with Crippen LogP contribution in [-0.4, -0.2) is 56.5 Å². The Morgan fingerprint density at radius 1 is 1.14 bits per heavy atom. The largest absolute Gasteiger partial charge is 0.358 e. The smallest absolute Gasteiger partial charge is 0.332 e. The molecule has 0 radical (unpaired) electrons. The van der Waals surface area contributed by atoms with Crippen molar-refractivity contribution in [3.63, 3.8) is 0 Å². The number of anilines is 1. The Kier molecular flexibility index (Phi) is 5.08. The van der Waals surface area contributed by atoms with Crippen LogP contribution >= 0.6 is 12.2 Å². The van der Waals surface area contributed by atoms with Gasteiger partial charge in [0.15, 0.2) is 5.11 Å². The number of likely N-dealkylation sites (tertiary alicyclic amines) is 1. The molecule has 180 valence electrons. The number of nitrogens with one attached hydrogen (secondary N) is 1. The zero-order valence-corrected chi connectivity index (χ0v) is 19.5. The monoisotopic (exact) mass is 504 g/mol. The van der Waals surface area contributed by atoms with Crippen molar-refractivity contribution in [2.75, 3.05) is 11.4 Å². The molecule has 3 amide bonds. The van der Waals surface area contributed by atoms with E-state index in [0.29, 0.717) is 29.4 Å². The summed E-state index contributed by atoms with van der Waals surface area (Å²) in [6, 6.07) is 10.9. The fraction of sp³-hybridized carbons (Fsp3) is 0.240. The van der Waals surface area contributed by atoms with Gasteiger partial charge in [-0.3, -0.25) is 4.79 Å². The average molecular weight is 505 g/mol. The van der Waals surface area contributed by atoms with Gasteiger partial charge < -0.3 is 15.1 Å². The number of carbonyl (C=O) groups is 2. The number of nitrogens with zero attached hydrogens (tertiary/aromatic N) is 5. The molecule has 3 aliphatic rings. The van der Waals surface area contributed by atoms with Gasteiger partial charge in [0, 0.05) is 29.4 Å². The quantitative estimate of drug-likeness (QED) is 0.433. The molecule has 2 bridgehead atoms. The molecule has 11 heteroatoms. The van der Waals surface area contributed by atoms with Crippen LogP contribution in [0.3, 0.4) is 0 Å². The Morgan fingerprint density at radius 2 is 1.86 bits per heavy atom. The number of carbonyl (C=O) groups excluding carboxylic acids is 2. The van der Waals surface area contributed by atoms with Crippen LogP contribution in [0.25, 0.3) is 10.8 Å². The van der Waals surface area contributed by atoms with E-state index in [2.05, 4.69) is 10.3 Å². The Hall–Kier alpha value is -4.17. The molecule has 0 spiro atoms. The Labute approximate surface area is 209 Å². The maximum Gasteiger partial charge on any atom is 0.332 e. The average Bonchev–Trinajstić information content (AvgIpc) is 3.54. The molecule has 1 unspecified atom stereocenters. The number of urea groups is 1. The van der Waals surface area contributed by atoms with E-state index in [1.165, 1.54) is 24.4 Å². The highest BCUT2D eigenvalue weighted by Crippen LogP contribution is 2.43. The van der Waals surface area contributed by atoms with Crippen LogP contribution in [0.1, 0.15) is 17.7 Å². The molecular formula is C25H18F2N6O2S. The molecule has 6 rings (SSSR count). The lowest BCUT2D eigenvalue weighted by molar-refractivity contribution is -0.120. The molecule has 0 aliphatic carbocycles. The first-order valence-electron chi connectivity index (χ1n) is 11.3. The van der Waals surface area contributed by atoms with E-state index < -0.39 is 29.6 Å². The number of hydrogen-bond donors (Lipinski definition) is 1. The molecule has 0 saturated carbocycles. The summed E-state index contributed by atoms with van der Waals surface area (Å²) in [6.45, 7) is 0.271. The van der Waals surface area contributed by atoms with E-state index >= 15 is 0 Å². The van der Waals surface area contributed by atoms with Gasteiger partial charge in [-0.1, -0.05) is 30.3 Å². The molecule has 3 saturated heterocycles. The first-order chi connectivity index (χ1) is 17.4. The van der Waals surface area contributed by atoms with Crippen molar-refractivity contribution in [3.05, 3.63) is 71.6 Å². The summed E-state index contributed by atoms with van der Waals surface area (Å²) < 4.78 is 28.0. The zero-order chi connectivity index (χ0) is 25.1. The second kappa shape index (κ2) is 8.20. The standard InChI is InChI=1S/C25H18F2N6O2S/c26-17-6-3-7-18(27)16(17)10-30-24(36)31-12-13-8-20(31)22-23(34)33(25(35)32(13)22)21-11-29-19(9-28)14-4-1-2-5-15(14)21/h1-7,11,13,20,22H,8,10,12H2,(H,30,36)/t13-,20?,22+/m1/s1. The number of halogens is 2. The summed E-state index contributed by atoms with van der Waals surface area (Å²) in [5.41, 5.74) is 0.419. The highest BCUT2D eigenvalue weighted by atomic mass is 32.1. The second-order valence-electron chi connectivity index (χ2n) is 8.93. The first-order valence-corrected chi connectivity index (χ1v) is 11.7. The van der Waals surface area contributed by atoms with Gasteiger partial charge >= 0.3 is 6.03 Å². The van der Waals surface area contributed by atoms with Gasteiger partial charge in [-0.25, -0.2) is 23.5 Å². The highest BCUT2D eigenvalue weighted by Gasteiger charge is 2.62. The number of hydrogen-bond acceptors (Lipinski definition) is 5. The normalized spacial score (nSPS) is 22.4. The van der Waals surface area contributed by atoms with E-state index in [0.717, 1.165) is 4.90 Å². The van der Waals surface area contributed by atoms with Crippen LogP contribution in [0.5, 0.6) is 0 Å². The summed E-state index contributed by atoms with van der Waals surface area (Å²) >= 11 is 5.51. The maximum atomic E-state index is 14.0. The van der Waals surface area contributed by atoms with Crippen molar-refractivity contribution in [1.29, 1.82) is 5.26 Å². The fourth-order valence-corrected chi connectivity index (χ4v) is 5.81. The second-order valence-corrected chi connectivity index (χ2v) is 9.31. The summed E-state index contributed by atoms with van der Waals surface area (Å²) in [5, 5.41) is 13.7. The van der Waals surface area contributed by atoms with E-state index in [1.807, 2.05) is 11.0 Å². The maximum absolute atomic E-state index is 14.0. The molecule has 36 heavy (non-hydrogen) atoms. The number of aromatic nitrogens is 1. The number of pyridine rings is 1. The SMILES string of the molecule is N#Cc1ncc(N2C(=O)[C@@H]3C4C[C@H](CN4C(=S)NCc4c(F)cccc4F)N3C2=O)c2ccccc12. The fourth-order valence-electron chi connectivity index (χ4n) is 5.52. The van der Waals surface area contributed by atoms with Gasteiger partial charge in [0.25, 0.3) is 5.91 Å². The Balaban J connectivity index is 1.26. The molecule has 3 fully saturated rings. The molecule has 2 aromatic carbocycles. The Morgan fingerprint density at radius 3 is 2.58 bits per heavy atom. The molecule has 3 aromatic rings. The van der Waals surface area contributed by atoms with Gasteiger partial charge in [-0.05, 0) is 30.8 Å². The van der Waals surface area contributed by atoms with Gasteiger partial charge in [0.2, 0.25) is 0 Å². The van der Waals surface area contributed by atoms with Crippen molar-refractivity contribution in [3.8, 4) is 6.07 Å². The number of benzene rings is 2. The van der Waals surface area contributed by atoms with Gasteiger partial charge in [0.1, 0.15) is 29.4 Å². The van der Waals surface area contributed by atoms with Crippen LogP contribution in [0, 0.1) is 23.0 Å². The lowest BCUT2D eigenvalue weighted by atomic mass is 10.1. The number of piperazine rings is 1. The van der Waals surface area contributed by atoms with Gasteiger partial charge in [-0.2, -0.15) is 5.26 Å². The van der Waals surface area contributed by atoms with Crippen molar-refractivity contribution >= 4 is 45.7 Å². The lowest BCUT2D eigenvalue weighted by Crippen LogP contribution is -2.56. The van der Waals surface area contributed by atoms with Crippen LogP contribution in [-0.2, 0) is 11.3 Å². The zero-order valence-electron chi connectivity index (χ0n) is 18.7. The van der Waals surface area contributed by atoms with Crippen molar-refractivity contribution < 1.29 is 18.4 Å². The highest BCUT2D eigenvalue weighted by molar-refractivity contribution is 7.80. The third-order valence-electron chi connectivity index (χ3n) is 7.12. The predicted octanol–water partition coefficient (Wildman–Crippen LogP) is 3.05. The van der Waals surface area contributed by atoms with Crippen LogP contribution in [0.4, 0.5) is 19.3 Å². The first kappa shape index (κ1) is 22.3.